The van der Waals surface area contributed by atoms with E-state index in [-0.39, 0.29) is 12.5 Å². The number of nitrogens with one attached hydrogen (secondary N) is 2. The van der Waals surface area contributed by atoms with Gasteiger partial charge >= 0.3 is 0 Å². The van der Waals surface area contributed by atoms with Gasteiger partial charge in [0.2, 0.25) is 0 Å². The van der Waals surface area contributed by atoms with E-state index in [1.165, 1.54) is 0 Å². The van der Waals surface area contributed by atoms with Crippen molar-refractivity contribution in [2.45, 2.75) is 13.8 Å². The third kappa shape index (κ3) is 5.36. The second-order valence-corrected chi connectivity index (χ2v) is 6.97. The van der Waals surface area contributed by atoms with Crippen molar-refractivity contribution in [2.24, 2.45) is 0 Å². The molecule has 148 valence electrons. The minimum atomic E-state index is -0.392. The summed E-state index contributed by atoms with van der Waals surface area (Å²) in [6, 6.07) is 19.4. The van der Waals surface area contributed by atoms with Crippen LogP contribution in [0.5, 0.6) is 5.75 Å². The number of carbonyl (C=O) groups excluding carboxylic acids is 2. The zero-order valence-corrected chi connectivity index (χ0v) is 16.9. The second-order valence-electron chi connectivity index (χ2n) is 6.57. The van der Waals surface area contributed by atoms with Crippen molar-refractivity contribution >= 4 is 34.8 Å². The van der Waals surface area contributed by atoms with Crippen LogP contribution in [0.15, 0.2) is 66.7 Å². The number of hydrogen-bond acceptors (Lipinski definition) is 3. The molecule has 0 aliphatic heterocycles. The summed E-state index contributed by atoms with van der Waals surface area (Å²) < 4.78 is 5.45. The number of halogens is 1. The molecule has 2 amide bonds. The van der Waals surface area contributed by atoms with Crippen LogP contribution in [0, 0.1) is 13.8 Å². The Hall–Kier alpha value is -3.31. The Balaban J connectivity index is 1.67. The molecule has 0 spiro atoms. The van der Waals surface area contributed by atoms with Gasteiger partial charge in [-0.2, -0.15) is 0 Å². The number of aryl methyl sites for hydroxylation is 2. The zero-order valence-electron chi connectivity index (χ0n) is 16.2. The Labute approximate surface area is 174 Å². The van der Waals surface area contributed by atoms with Gasteiger partial charge in [-0.3, -0.25) is 9.59 Å². The van der Waals surface area contributed by atoms with Crippen molar-refractivity contribution < 1.29 is 14.3 Å². The quantitative estimate of drug-likeness (QED) is 0.587. The van der Waals surface area contributed by atoms with E-state index in [2.05, 4.69) is 10.6 Å². The van der Waals surface area contributed by atoms with Gasteiger partial charge in [-0.15, -0.1) is 0 Å². The van der Waals surface area contributed by atoms with Gasteiger partial charge in [-0.05, 0) is 61.4 Å². The predicted octanol–water partition coefficient (Wildman–Crippen LogP) is 5.23. The van der Waals surface area contributed by atoms with Crippen molar-refractivity contribution in [1.29, 1.82) is 0 Å². The molecule has 6 heteroatoms. The van der Waals surface area contributed by atoms with Crippen LogP contribution in [0.2, 0.25) is 5.02 Å². The number of para-hydroxylation sites is 2. The van der Waals surface area contributed by atoms with E-state index in [1.807, 2.05) is 32.0 Å². The molecule has 0 radical (unpaired) electrons. The van der Waals surface area contributed by atoms with Crippen LogP contribution in [0.4, 0.5) is 11.4 Å². The number of benzene rings is 3. The molecular formula is C23H21ClN2O3. The monoisotopic (exact) mass is 408 g/mol. The maximum atomic E-state index is 12.7. The normalized spacial score (nSPS) is 10.3. The summed E-state index contributed by atoms with van der Waals surface area (Å²) in [6.07, 6.45) is 0. The lowest BCUT2D eigenvalue weighted by atomic mass is 10.1. The van der Waals surface area contributed by atoms with Crippen LogP contribution in [-0.4, -0.2) is 18.4 Å². The molecule has 0 bridgehead atoms. The minimum Gasteiger partial charge on any atom is -0.482 e. The molecule has 3 aromatic carbocycles. The Morgan fingerprint density at radius 1 is 0.897 bits per heavy atom. The van der Waals surface area contributed by atoms with E-state index in [0.717, 1.165) is 11.1 Å². The summed E-state index contributed by atoms with van der Waals surface area (Å²) in [4.78, 5) is 25.0. The standard InChI is InChI=1S/C23H21ClN2O3/c1-15-11-12-17(13-16(15)2)25-23(28)18-7-3-5-9-20(18)26-22(27)14-29-21-10-6-4-8-19(21)24/h3-13H,14H2,1-2H3,(H,25,28)(H,26,27). The fourth-order valence-corrected chi connectivity index (χ4v) is 2.89. The van der Waals surface area contributed by atoms with Gasteiger partial charge in [-0.1, -0.05) is 41.9 Å². The fourth-order valence-electron chi connectivity index (χ4n) is 2.70. The maximum absolute atomic E-state index is 12.7. The average molecular weight is 409 g/mol. The molecule has 0 heterocycles. The van der Waals surface area contributed by atoms with E-state index in [4.69, 9.17) is 16.3 Å². The minimum absolute atomic E-state index is 0.225. The van der Waals surface area contributed by atoms with Crippen LogP contribution in [0.25, 0.3) is 0 Å². The summed E-state index contributed by atoms with van der Waals surface area (Å²) in [5.74, 6) is -0.280. The average Bonchev–Trinajstić information content (AvgIpc) is 2.70. The van der Waals surface area contributed by atoms with Crippen LogP contribution >= 0.6 is 11.6 Å². The highest BCUT2D eigenvalue weighted by Crippen LogP contribution is 2.23. The van der Waals surface area contributed by atoms with Gasteiger partial charge in [0.1, 0.15) is 5.75 Å². The van der Waals surface area contributed by atoms with Crippen molar-refractivity contribution in [3.63, 3.8) is 0 Å². The molecule has 0 aromatic heterocycles. The van der Waals surface area contributed by atoms with Crippen molar-refractivity contribution in [2.75, 3.05) is 17.2 Å². The molecular weight excluding hydrogens is 388 g/mol. The summed E-state index contributed by atoms with van der Waals surface area (Å²) in [5, 5.41) is 6.01. The van der Waals surface area contributed by atoms with Crippen molar-refractivity contribution in [3.8, 4) is 5.75 Å². The van der Waals surface area contributed by atoms with Gasteiger partial charge in [-0.25, -0.2) is 0 Å². The summed E-state index contributed by atoms with van der Waals surface area (Å²) in [6.45, 7) is 3.77. The van der Waals surface area contributed by atoms with Gasteiger partial charge in [0, 0.05) is 5.69 Å². The molecule has 3 aromatic rings. The molecule has 0 atom stereocenters. The molecule has 0 aliphatic rings. The van der Waals surface area contributed by atoms with E-state index < -0.39 is 5.91 Å². The molecule has 0 saturated carbocycles. The lowest BCUT2D eigenvalue weighted by Crippen LogP contribution is -2.23. The number of anilines is 2. The topological polar surface area (TPSA) is 67.4 Å². The van der Waals surface area contributed by atoms with Crippen LogP contribution < -0.4 is 15.4 Å². The molecule has 2 N–H and O–H groups in total. The SMILES string of the molecule is Cc1ccc(NC(=O)c2ccccc2NC(=O)COc2ccccc2Cl)cc1C. The first kappa shape index (κ1) is 20.4. The predicted molar refractivity (Wildman–Crippen MR) is 116 cm³/mol. The highest BCUT2D eigenvalue weighted by Gasteiger charge is 2.14. The summed E-state index contributed by atoms with van der Waals surface area (Å²) in [7, 11) is 0. The number of ether oxygens (including phenoxy) is 1. The molecule has 0 saturated heterocycles. The third-order valence-corrected chi connectivity index (χ3v) is 4.72. The first-order chi connectivity index (χ1) is 13.9. The molecule has 0 fully saturated rings. The smallest absolute Gasteiger partial charge is 0.262 e. The molecule has 29 heavy (non-hydrogen) atoms. The van der Waals surface area contributed by atoms with Gasteiger partial charge in [0.05, 0.1) is 16.3 Å². The highest BCUT2D eigenvalue weighted by molar-refractivity contribution is 6.32. The first-order valence-corrected chi connectivity index (χ1v) is 9.46. The summed E-state index contributed by atoms with van der Waals surface area (Å²) >= 11 is 6.02. The number of hydrogen-bond donors (Lipinski definition) is 2. The van der Waals surface area contributed by atoms with Gasteiger partial charge in [0.15, 0.2) is 6.61 Å². The van der Waals surface area contributed by atoms with Crippen molar-refractivity contribution in [1.82, 2.24) is 0 Å². The summed E-state index contributed by atoms with van der Waals surface area (Å²) in [5.41, 5.74) is 3.69. The molecule has 0 aliphatic carbocycles. The number of amides is 2. The Kier molecular flexibility index (Phi) is 6.52. The van der Waals surface area contributed by atoms with Crippen LogP contribution in [-0.2, 0) is 4.79 Å². The third-order valence-electron chi connectivity index (χ3n) is 4.41. The molecule has 5 nitrogen and oxygen atoms in total. The van der Waals surface area contributed by atoms with Crippen LogP contribution in [0.1, 0.15) is 21.5 Å². The first-order valence-electron chi connectivity index (χ1n) is 9.09. The van der Waals surface area contributed by atoms with Gasteiger partial charge in [0.25, 0.3) is 11.8 Å². The largest absolute Gasteiger partial charge is 0.482 e. The van der Waals surface area contributed by atoms with E-state index in [0.29, 0.717) is 27.7 Å². The maximum Gasteiger partial charge on any atom is 0.262 e. The molecule has 0 unspecified atom stereocenters. The van der Waals surface area contributed by atoms with E-state index in [9.17, 15) is 9.59 Å². The fraction of sp³-hybridized carbons (Fsp3) is 0.130. The Morgan fingerprint density at radius 2 is 1.62 bits per heavy atom. The Morgan fingerprint density at radius 3 is 2.38 bits per heavy atom. The van der Waals surface area contributed by atoms with E-state index >= 15 is 0 Å². The lowest BCUT2D eigenvalue weighted by molar-refractivity contribution is -0.118. The second kappa shape index (κ2) is 9.26. The van der Waals surface area contributed by atoms with Crippen LogP contribution in [0.3, 0.4) is 0 Å². The number of carbonyl (C=O) groups is 2. The Bertz CT molecular complexity index is 1050. The molecule has 3 rings (SSSR count). The van der Waals surface area contributed by atoms with Crippen molar-refractivity contribution in [3.05, 3.63) is 88.4 Å². The zero-order chi connectivity index (χ0) is 20.8. The van der Waals surface area contributed by atoms with Gasteiger partial charge < -0.3 is 15.4 Å². The highest BCUT2D eigenvalue weighted by atomic mass is 35.5. The van der Waals surface area contributed by atoms with E-state index in [1.54, 1.807) is 48.5 Å². The lowest BCUT2D eigenvalue weighted by Gasteiger charge is -2.13. The number of rotatable bonds is 6.